The fourth-order valence-corrected chi connectivity index (χ4v) is 1.63. The van der Waals surface area contributed by atoms with Gasteiger partial charge >= 0.3 is 6.09 Å². The van der Waals surface area contributed by atoms with Crippen molar-refractivity contribution in [3.05, 3.63) is 18.7 Å². The molecule has 0 spiro atoms. The summed E-state index contributed by atoms with van der Waals surface area (Å²) in [5.41, 5.74) is -0.641. The van der Waals surface area contributed by atoms with E-state index in [1.165, 1.54) is 30.2 Å². The third-order valence-electron chi connectivity index (χ3n) is 2.62. The van der Waals surface area contributed by atoms with Gasteiger partial charge in [0.2, 0.25) is 5.91 Å². The number of amides is 1. The highest BCUT2D eigenvalue weighted by molar-refractivity contribution is 5.86. The molecule has 1 atom stereocenters. The Bertz CT molecular complexity index is 503. The van der Waals surface area contributed by atoms with Crippen LogP contribution >= 0.6 is 0 Å². The second-order valence-electron chi connectivity index (χ2n) is 5.71. The molecule has 21 heavy (non-hydrogen) atoms. The van der Waals surface area contributed by atoms with E-state index in [0.717, 1.165) is 0 Å². The Kier molecular flexibility index (Phi) is 5.63. The van der Waals surface area contributed by atoms with Crippen molar-refractivity contribution < 1.29 is 19.1 Å². The Labute approximate surface area is 123 Å². The van der Waals surface area contributed by atoms with Gasteiger partial charge in [0, 0.05) is 18.8 Å². The predicted octanol–water partition coefficient (Wildman–Crippen LogP) is 1.79. The lowest BCUT2D eigenvalue weighted by atomic mass is 10.1. The first-order valence-electron chi connectivity index (χ1n) is 6.70. The van der Waals surface area contributed by atoms with Gasteiger partial charge in [-0.1, -0.05) is 0 Å². The number of ether oxygens (including phenoxy) is 1. The highest BCUT2D eigenvalue weighted by Crippen LogP contribution is 2.08. The lowest BCUT2D eigenvalue weighted by Crippen LogP contribution is -2.43. The molecule has 1 amide bonds. The topological polar surface area (TPSA) is 90.3 Å². The van der Waals surface area contributed by atoms with Crippen molar-refractivity contribution in [2.45, 2.75) is 52.2 Å². The van der Waals surface area contributed by atoms with Crippen LogP contribution in [0.1, 0.15) is 45.3 Å². The van der Waals surface area contributed by atoms with E-state index in [1.54, 1.807) is 20.8 Å². The normalized spacial score (nSPS) is 12.6. The predicted molar refractivity (Wildman–Crippen MR) is 75.9 cm³/mol. The SMILES string of the molecule is CC(=O)[C@H](CCC(=O)n1ccnc1)NC(=O)OC(C)(C)C. The van der Waals surface area contributed by atoms with E-state index in [9.17, 15) is 14.4 Å². The summed E-state index contributed by atoms with van der Waals surface area (Å²) >= 11 is 0. The molecule has 1 rings (SSSR count). The van der Waals surface area contributed by atoms with Gasteiger partial charge < -0.3 is 10.1 Å². The van der Waals surface area contributed by atoms with Crippen molar-refractivity contribution in [3.8, 4) is 0 Å². The largest absolute Gasteiger partial charge is 0.444 e. The molecule has 1 N–H and O–H groups in total. The number of hydrogen-bond acceptors (Lipinski definition) is 5. The van der Waals surface area contributed by atoms with Gasteiger partial charge in [-0.15, -0.1) is 0 Å². The summed E-state index contributed by atoms with van der Waals surface area (Å²) in [6.45, 7) is 6.57. The molecule has 1 aromatic heterocycles. The quantitative estimate of drug-likeness (QED) is 0.894. The van der Waals surface area contributed by atoms with Crippen LogP contribution < -0.4 is 5.32 Å². The number of nitrogens with one attached hydrogen (secondary N) is 1. The number of alkyl carbamates (subject to hydrolysis) is 1. The van der Waals surface area contributed by atoms with Crippen LogP contribution in [0.3, 0.4) is 0 Å². The molecule has 0 aromatic carbocycles. The van der Waals surface area contributed by atoms with E-state index in [0.29, 0.717) is 0 Å². The van der Waals surface area contributed by atoms with Gasteiger partial charge in [0.25, 0.3) is 0 Å². The minimum atomic E-state index is -0.743. The van der Waals surface area contributed by atoms with Gasteiger partial charge in [0.05, 0.1) is 6.04 Å². The molecule has 0 radical (unpaired) electrons. The van der Waals surface area contributed by atoms with E-state index < -0.39 is 17.7 Å². The zero-order valence-corrected chi connectivity index (χ0v) is 12.8. The molecule has 0 unspecified atom stereocenters. The van der Waals surface area contributed by atoms with Crippen molar-refractivity contribution in [3.63, 3.8) is 0 Å². The average molecular weight is 295 g/mol. The number of Topliss-reactive ketones (excluding diaryl/α,β-unsaturated/α-hetero) is 1. The van der Waals surface area contributed by atoms with Crippen LogP contribution in [0, 0.1) is 0 Å². The van der Waals surface area contributed by atoms with Crippen LogP contribution in [0.2, 0.25) is 0 Å². The van der Waals surface area contributed by atoms with E-state index in [-0.39, 0.29) is 24.5 Å². The molecule has 1 aromatic rings. The van der Waals surface area contributed by atoms with Gasteiger partial charge in [0.1, 0.15) is 11.9 Å². The number of ketones is 1. The Morgan fingerprint density at radius 1 is 1.33 bits per heavy atom. The van der Waals surface area contributed by atoms with E-state index in [4.69, 9.17) is 4.74 Å². The zero-order chi connectivity index (χ0) is 16.0. The molecule has 0 aliphatic carbocycles. The number of hydrogen-bond donors (Lipinski definition) is 1. The van der Waals surface area contributed by atoms with Crippen molar-refractivity contribution in [1.82, 2.24) is 14.9 Å². The first kappa shape index (κ1) is 16.9. The minimum Gasteiger partial charge on any atom is -0.444 e. The minimum absolute atomic E-state index is 0.121. The highest BCUT2D eigenvalue weighted by Gasteiger charge is 2.22. The van der Waals surface area contributed by atoms with Crippen LogP contribution in [0.5, 0.6) is 0 Å². The molecule has 0 aliphatic heterocycles. The maximum absolute atomic E-state index is 11.8. The highest BCUT2D eigenvalue weighted by atomic mass is 16.6. The summed E-state index contributed by atoms with van der Waals surface area (Å²) in [5, 5.41) is 2.49. The maximum Gasteiger partial charge on any atom is 0.408 e. The Morgan fingerprint density at radius 3 is 2.48 bits per heavy atom. The fourth-order valence-electron chi connectivity index (χ4n) is 1.63. The van der Waals surface area contributed by atoms with Crippen LogP contribution in [-0.4, -0.2) is 39.0 Å². The monoisotopic (exact) mass is 295 g/mol. The summed E-state index contributed by atoms with van der Waals surface area (Å²) in [6.07, 6.45) is 4.10. The van der Waals surface area contributed by atoms with Crippen molar-refractivity contribution in [2.24, 2.45) is 0 Å². The van der Waals surface area contributed by atoms with Crippen LogP contribution in [0.4, 0.5) is 4.79 Å². The van der Waals surface area contributed by atoms with Gasteiger partial charge in [-0.2, -0.15) is 0 Å². The molecule has 0 bridgehead atoms. The van der Waals surface area contributed by atoms with Crippen LogP contribution in [0.15, 0.2) is 18.7 Å². The maximum atomic E-state index is 11.8. The fraction of sp³-hybridized carbons (Fsp3) is 0.571. The van der Waals surface area contributed by atoms with Gasteiger partial charge in [-0.05, 0) is 34.1 Å². The number of rotatable bonds is 5. The molecule has 7 nitrogen and oxygen atoms in total. The third kappa shape index (κ3) is 6.20. The average Bonchev–Trinajstić information content (AvgIpc) is 2.85. The summed E-state index contributed by atoms with van der Waals surface area (Å²) in [5.74, 6) is -0.413. The number of nitrogens with zero attached hydrogens (tertiary/aromatic N) is 2. The number of carbonyl (C=O) groups is 3. The molecule has 7 heteroatoms. The van der Waals surface area contributed by atoms with Crippen molar-refractivity contribution >= 4 is 17.8 Å². The van der Waals surface area contributed by atoms with Crippen LogP contribution in [-0.2, 0) is 9.53 Å². The second kappa shape index (κ2) is 7.01. The zero-order valence-electron chi connectivity index (χ0n) is 12.8. The molecule has 0 saturated carbocycles. The summed E-state index contributed by atoms with van der Waals surface area (Å²) in [7, 11) is 0. The van der Waals surface area contributed by atoms with Gasteiger partial charge in [0.15, 0.2) is 5.78 Å². The number of carbonyl (C=O) groups excluding carboxylic acids is 3. The van der Waals surface area contributed by atoms with E-state index >= 15 is 0 Å². The number of imidazole rings is 1. The smallest absolute Gasteiger partial charge is 0.408 e. The van der Waals surface area contributed by atoms with Crippen LogP contribution in [0.25, 0.3) is 0 Å². The Morgan fingerprint density at radius 2 is 2.00 bits per heavy atom. The van der Waals surface area contributed by atoms with E-state index in [1.807, 2.05) is 0 Å². The molecule has 116 valence electrons. The lowest BCUT2D eigenvalue weighted by molar-refractivity contribution is -0.119. The molecular weight excluding hydrogens is 274 g/mol. The second-order valence-corrected chi connectivity index (χ2v) is 5.71. The van der Waals surface area contributed by atoms with Gasteiger partial charge in [-0.3, -0.25) is 14.2 Å². The van der Waals surface area contributed by atoms with Crippen molar-refractivity contribution in [2.75, 3.05) is 0 Å². The third-order valence-corrected chi connectivity index (χ3v) is 2.62. The molecular formula is C14H21N3O4. The van der Waals surface area contributed by atoms with E-state index in [2.05, 4.69) is 10.3 Å². The van der Waals surface area contributed by atoms with Gasteiger partial charge in [-0.25, -0.2) is 9.78 Å². The molecule has 1 heterocycles. The molecule has 0 aliphatic rings. The summed E-state index contributed by atoms with van der Waals surface area (Å²) in [4.78, 5) is 38.8. The molecule has 0 fully saturated rings. The Balaban J connectivity index is 2.52. The first-order chi connectivity index (χ1) is 9.69. The summed E-state index contributed by atoms with van der Waals surface area (Å²) < 4.78 is 6.43. The summed E-state index contributed by atoms with van der Waals surface area (Å²) in [6, 6.07) is -0.743. The molecule has 0 saturated heterocycles. The lowest BCUT2D eigenvalue weighted by Gasteiger charge is -2.22. The first-order valence-corrected chi connectivity index (χ1v) is 6.70. The number of aromatic nitrogens is 2. The Hall–Kier alpha value is -2.18. The standard InChI is InChI=1S/C14H21N3O4/c1-10(18)11(16-13(20)21-14(2,3)4)5-6-12(19)17-8-7-15-9-17/h7-9,11H,5-6H2,1-4H3,(H,16,20)/t11-/m0/s1. The van der Waals surface area contributed by atoms with Crippen molar-refractivity contribution in [1.29, 1.82) is 0 Å².